The van der Waals surface area contributed by atoms with Crippen molar-refractivity contribution in [3.05, 3.63) is 28.3 Å². The van der Waals surface area contributed by atoms with Gasteiger partial charge in [0.25, 0.3) is 5.69 Å². The van der Waals surface area contributed by atoms with Gasteiger partial charge in [-0.25, -0.2) is 0 Å². The molecule has 1 aromatic rings. The molecule has 0 aromatic heterocycles. The van der Waals surface area contributed by atoms with Crippen molar-refractivity contribution in [2.24, 2.45) is 0 Å². The van der Waals surface area contributed by atoms with Gasteiger partial charge in [0.15, 0.2) is 0 Å². The minimum atomic E-state index is -0.420. The fourth-order valence-corrected chi connectivity index (χ4v) is 2.88. The maximum Gasteiger partial charge on any atom is 0.273 e. The van der Waals surface area contributed by atoms with Crippen LogP contribution >= 0.6 is 0 Å². The molecule has 1 saturated heterocycles. The molecule has 0 aliphatic carbocycles. The molecule has 0 spiro atoms. The van der Waals surface area contributed by atoms with E-state index in [1.54, 1.807) is 12.1 Å². The van der Waals surface area contributed by atoms with Crippen molar-refractivity contribution in [2.75, 3.05) is 23.7 Å². The molecular formula is C14H21N3O3. The highest BCUT2D eigenvalue weighted by Gasteiger charge is 2.38. The van der Waals surface area contributed by atoms with Gasteiger partial charge >= 0.3 is 0 Å². The number of benzene rings is 1. The number of nitro benzene ring substituents is 1. The molecule has 6 nitrogen and oxygen atoms in total. The quantitative estimate of drug-likeness (QED) is 0.511. The highest BCUT2D eigenvalue weighted by atomic mass is 16.6. The van der Waals surface area contributed by atoms with Gasteiger partial charge in [0.05, 0.1) is 16.1 Å². The van der Waals surface area contributed by atoms with Crippen molar-refractivity contribution < 1.29 is 9.66 Å². The summed E-state index contributed by atoms with van der Waals surface area (Å²) in [5.74, 6) is 0. The summed E-state index contributed by atoms with van der Waals surface area (Å²) in [6, 6.07) is 4.71. The number of nitrogens with two attached hydrogens (primary N) is 1. The molecule has 0 radical (unpaired) electrons. The number of nitro groups is 1. The van der Waals surface area contributed by atoms with Crippen molar-refractivity contribution in [3.63, 3.8) is 0 Å². The van der Waals surface area contributed by atoms with Gasteiger partial charge in [-0.05, 0) is 33.8 Å². The summed E-state index contributed by atoms with van der Waals surface area (Å²) < 4.78 is 6.01. The van der Waals surface area contributed by atoms with Crippen LogP contribution < -0.4 is 10.6 Å². The summed E-state index contributed by atoms with van der Waals surface area (Å²) in [6.07, 6.45) is 0. The smallest absolute Gasteiger partial charge is 0.273 e. The van der Waals surface area contributed by atoms with Gasteiger partial charge in [0.1, 0.15) is 0 Å². The van der Waals surface area contributed by atoms with Gasteiger partial charge in [-0.3, -0.25) is 10.1 Å². The molecule has 2 rings (SSSR count). The van der Waals surface area contributed by atoms with Crippen molar-refractivity contribution in [1.29, 1.82) is 0 Å². The lowest BCUT2D eigenvalue weighted by Crippen LogP contribution is -2.57. The van der Waals surface area contributed by atoms with Crippen LogP contribution in [0.5, 0.6) is 0 Å². The van der Waals surface area contributed by atoms with Crippen LogP contribution in [0.4, 0.5) is 17.1 Å². The minimum Gasteiger partial charge on any atom is -0.398 e. The number of rotatable bonds is 2. The van der Waals surface area contributed by atoms with Crippen LogP contribution in [0.2, 0.25) is 0 Å². The maximum absolute atomic E-state index is 10.9. The number of non-ortho nitro benzene ring substituents is 1. The topological polar surface area (TPSA) is 81.6 Å². The van der Waals surface area contributed by atoms with E-state index >= 15 is 0 Å². The van der Waals surface area contributed by atoms with E-state index < -0.39 is 4.92 Å². The maximum atomic E-state index is 10.9. The predicted molar refractivity (Wildman–Crippen MR) is 79.0 cm³/mol. The van der Waals surface area contributed by atoms with Crippen molar-refractivity contribution in [1.82, 2.24) is 0 Å². The average Bonchev–Trinajstić information content (AvgIpc) is 2.23. The largest absolute Gasteiger partial charge is 0.398 e. The highest BCUT2D eigenvalue weighted by molar-refractivity contribution is 5.63. The molecule has 1 aliphatic rings. The third-order valence-corrected chi connectivity index (χ3v) is 3.20. The standard InChI is InChI=1S/C14H21N3O3/c1-13(2)8-16(9-14(3,4)20-13)11-5-10(15)6-12(7-11)17(18)19/h5-7H,8-9,15H2,1-4H3. The molecule has 0 bridgehead atoms. The molecule has 20 heavy (non-hydrogen) atoms. The third kappa shape index (κ3) is 3.19. The molecule has 0 amide bonds. The van der Waals surface area contributed by atoms with Crippen LogP contribution in [0.15, 0.2) is 18.2 Å². The first-order chi connectivity index (χ1) is 9.08. The Kier molecular flexibility index (Phi) is 3.37. The Bertz CT molecular complexity index is 524. The Hall–Kier alpha value is -1.82. The Morgan fingerprint density at radius 1 is 1.20 bits per heavy atom. The van der Waals surface area contributed by atoms with Crippen LogP contribution in [0.1, 0.15) is 27.7 Å². The number of hydrogen-bond donors (Lipinski definition) is 1. The Morgan fingerprint density at radius 3 is 2.25 bits per heavy atom. The fraction of sp³-hybridized carbons (Fsp3) is 0.571. The Labute approximate surface area is 118 Å². The van der Waals surface area contributed by atoms with E-state index in [-0.39, 0.29) is 16.9 Å². The van der Waals surface area contributed by atoms with E-state index in [4.69, 9.17) is 10.5 Å². The van der Waals surface area contributed by atoms with E-state index in [1.165, 1.54) is 6.07 Å². The molecule has 0 unspecified atom stereocenters. The molecule has 1 fully saturated rings. The lowest BCUT2D eigenvalue weighted by molar-refractivity contribution is -0.384. The number of nitrogen functional groups attached to an aromatic ring is 1. The molecule has 110 valence electrons. The van der Waals surface area contributed by atoms with Gasteiger partial charge in [-0.2, -0.15) is 0 Å². The Balaban J connectivity index is 2.38. The number of nitrogens with zero attached hydrogens (tertiary/aromatic N) is 2. The van der Waals surface area contributed by atoms with E-state index in [0.29, 0.717) is 18.8 Å². The average molecular weight is 279 g/mol. The third-order valence-electron chi connectivity index (χ3n) is 3.20. The molecule has 6 heteroatoms. The summed E-state index contributed by atoms with van der Waals surface area (Å²) in [5, 5.41) is 10.9. The second-order valence-electron chi connectivity index (χ2n) is 6.52. The number of anilines is 2. The van der Waals surface area contributed by atoms with Crippen molar-refractivity contribution in [3.8, 4) is 0 Å². The van der Waals surface area contributed by atoms with Crippen LogP contribution in [-0.4, -0.2) is 29.2 Å². The first-order valence-corrected chi connectivity index (χ1v) is 6.58. The lowest BCUT2D eigenvalue weighted by Gasteiger charge is -2.48. The van der Waals surface area contributed by atoms with Crippen LogP contribution in [0.3, 0.4) is 0 Å². The van der Waals surface area contributed by atoms with Gasteiger partial charge in [-0.1, -0.05) is 0 Å². The summed E-state index contributed by atoms with van der Waals surface area (Å²) in [6.45, 7) is 9.39. The van der Waals surface area contributed by atoms with Gasteiger partial charge in [0, 0.05) is 36.6 Å². The van der Waals surface area contributed by atoms with Gasteiger partial charge in [-0.15, -0.1) is 0 Å². The second-order valence-corrected chi connectivity index (χ2v) is 6.52. The highest BCUT2D eigenvalue weighted by Crippen LogP contribution is 2.33. The van der Waals surface area contributed by atoms with E-state index in [2.05, 4.69) is 4.90 Å². The van der Waals surface area contributed by atoms with Crippen LogP contribution in [0.25, 0.3) is 0 Å². The molecule has 1 aromatic carbocycles. The molecular weight excluding hydrogens is 258 g/mol. The lowest BCUT2D eigenvalue weighted by atomic mass is 9.98. The van der Waals surface area contributed by atoms with Gasteiger partial charge in [0.2, 0.25) is 0 Å². The molecule has 0 atom stereocenters. The predicted octanol–water partition coefficient (Wildman–Crippen LogP) is 2.57. The van der Waals surface area contributed by atoms with Crippen LogP contribution in [-0.2, 0) is 4.74 Å². The van der Waals surface area contributed by atoms with Gasteiger partial charge < -0.3 is 15.4 Å². The molecule has 1 aliphatic heterocycles. The second kappa shape index (κ2) is 4.63. The molecule has 0 saturated carbocycles. The van der Waals surface area contributed by atoms with Crippen LogP contribution in [0, 0.1) is 10.1 Å². The number of hydrogen-bond acceptors (Lipinski definition) is 5. The minimum absolute atomic E-state index is 0.0158. The summed E-state index contributed by atoms with van der Waals surface area (Å²) in [7, 11) is 0. The Morgan fingerprint density at radius 2 is 1.75 bits per heavy atom. The molecule has 2 N–H and O–H groups in total. The first-order valence-electron chi connectivity index (χ1n) is 6.58. The summed E-state index contributed by atoms with van der Waals surface area (Å²) in [5.41, 5.74) is 6.32. The fourth-order valence-electron chi connectivity index (χ4n) is 2.88. The van der Waals surface area contributed by atoms with E-state index in [9.17, 15) is 10.1 Å². The zero-order valence-electron chi connectivity index (χ0n) is 12.3. The zero-order chi connectivity index (χ0) is 15.1. The zero-order valence-corrected chi connectivity index (χ0v) is 12.3. The van der Waals surface area contributed by atoms with E-state index in [0.717, 1.165) is 5.69 Å². The normalized spacial score (nSPS) is 20.7. The number of morpholine rings is 1. The first kappa shape index (κ1) is 14.6. The SMILES string of the molecule is CC1(C)CN(c2cc(N)cc([N+](=O)[O-])c2)CC(C)(C)O1. The summed E-state index contributed by atoms with van der Waals surface area (Å²) >= 11 is 0. The van der Waals surface area contributed by atoms with Crippen molar-refractivity contribution in [2.45, 2.75) is 38.9 Å². The van der Waals surface area contributed by atoms with Crippen molar-refractivity contribution >= 4 is 17.1 Å². The summed E-state index contributed by atoms with van der Waals surface area (Å²) in [4.78, 5) is 12.6. The molecule has 1 heterocycles. The monoisotopic (exact) mass is 279 g/mol. The van der Waals surface area contributed by atoms with E-state index in [1.807, 2.05) is 27.7 Å². The number of ether oxygens (including phenoxy) is 1.